The Labute approximate surface area is 259 Å². The second kappa shape index (κ2) is 12.5. The highest BCUT2D eigenvalue weighted by Crippen LogP contribution is 2.35. The van der Waals surface area contributed by atoms with Crippen LogP contribution in [0.5, 0.6) is 0 Å². The third-order valence-corrected chi connectivity index (χ3v) is 10.1. The highest BCUT2D eigenvalue weighted by Gasteiger charge is 2.37. The van der Waals surface area contributed by atoms with E-state index < -0.39 is 21.8 Å². The van der Waals surface area contributed by atoms with Gasteiger partial charge in [0.25, 0.3) is 10.0 Å². The summed E-state index contributed by atoms with van der Waals surface area (Å²) in [6.45, 7) is -2.77. The Morgan fingerprint density at radius 2 is 1.84 bits per heavy atom. The molecule has 0 aliphatic heterocycles. The minimum Gasteiger partial charge on any atom is -0.382 e. The van der Waals surface area contributed by atoms with Gasteiger partial charge in [-0.15, -0.1) is 0 Å². The van der Waals surface area contributed by atoms with Crippen molar-refractivity contribution < 1.29 is 22.0 Å². The Bertz CT molecular complexity index is 1780. The number of halogens is 2. The molecule has 0 aromatic carbocycles. The number of anilines is 3. The summed E-state index contributed by atoms with van der Waals surface area (Å²) in [5, 5.41) is 14.4. The summed E-state index contributed by atoms with van der Waals surface area (Å²) in [7, 11) is 0.00910. The zero-order valence-electron chi connectivity index (χ0n) is 24.8. The minimum absolute atomic E-state index is 0.107. The fraction of sp³-hybridized carbons (Fsp3) is 0.448. The van der Waals surface area contributed by atoms with Gasteiger partial charge in [-0.25, -0.2) is 28.1 Å². The number of carbonyl (C=O) groups excluding carboxylic acids is 1. The Balaban J connectivity index is 1.21. The number of alkyl halides is 2. The maximum atomic E-state index is 13.3. The van der Waals surface area contributed by atoms with Gasteiger partial charge >= 0.3 is 6.55 Å². The quantitative estimate of drug-likeness (QED) is 0.239. The van der Waals surface area contributed by atoms with E-state index in [-0.39, 0.29) is 17.8 Å². The van der Waals surface area contributed by atoms with E-state index in [4.69, 9.17) is 0 Å². The van der Waals surface area contributed by atoms with Crippen molar-refractivity contribution in [3.8, 4) is 22.6 Å². The van der Waals surface area contributed by atoms with Gasteiger partial charge in [-0.05, 0) is 56.6 Å². The van der Waals surface area contributed by atoms with E-state index in [9.17, 15) is 22.0 Å². The number of pyridine rings is 1. The van der Waals surface area contributed by atoms with Crippen molar-refractivity contribution in [1.82, 2.24) is 38.8 Å². The first-order chi connectivity index (χ1) is 21.6. The molecular weight excluding hydrogens is 606 g/mol. The highest BCUT2D eigenvalue weighted by atomic mass is 32.2. The molecule has 2 fully saturated rings. The monoisotopic (exact) mass is 640 g/mol. The van der Waals surface area contributed by atoms with Crippen molar-refractivity contribution in [2.24, 2.45) is 5.92 Å². The van der Waals surface area contributed by atoms with Gasteiger partial charge < -0.3 is 15.5 Å². The molecule has 0 bridgehead atoms. The first kappa shape index (κ1) is 30.6. The average molecular weight is 641 g/mol. The Kier molecular flexibility index (Phi) is 8.48. The van der Waals surface area contributed by atoms with Gasteiger partial charge in [0.05, 0.1) is 28.9 Å². The highest BCUT2D eigenvalue weighted by molar-refractivity contribution is 7.90. The second-order valence-electron chi connectivity index (χ2n) is 11.7. The van der Waals surface area contributed by atoms with E-state index in [1.165, 1.54) is 24.7 Å². The van der Waals surface area contributed by atoms with Gasteiger partial charge in [-0.2, -0.15) is 23.1 Å². The molecule has 4 aromatic heterocycles. The van der Waals surface area contributed by atoms with Crippen LogP contribution in [0.3, 0.4) is 0 Å². The summed E-state index contributed by atoms with van der Waals surface area (Å²) in [6.07, 6.45) is 12.4. The molecule has 4 heterocycles. The largest absolute Gasteiger partial charge is 0.382 e. The molecule has 2 saturated carbocycles. The predicted octanol–water partition coefficient (Wildman–Crippen LogP) is 4.53. The number of hydrogen-bond donors (Lipinski definition) is 2. The molecule has 1 amide bonds. The fourth-order valence-corrected chi connectivity index (χ4v) is 6.85. The van der Waals surface area contributed by atoms with Crippen LogP contribution in [0.2, 0.25) is 0 Å². The molecule has 0 radical (unpaired) electrons. The zero-order chi connectivity index (χ0) is 31.7. The van der Waals surface area contributed by atoms with Crippen molar-refractivity contribution >= 4 is 33.3 Å². The fourth-order valence-electron chi connectivity index (χ4n) is 5.37. The summed E-state index contributed by atoms with van der Waals surface area (Å²) in [5.74, 6) is 1.59. The predicted molar refractivity (Wildman–Crippen MR) is 163 cm³/mol. The van der Waals surface area contributed by atoms with Crippen LogP contribution in [-0.2, 0) is 14.8 Å². The van der Waals surface area contributed by atoms with Gasteiger partial charge in [-0.1, -0.05) is 0 Å². The third kappa shape index (κ3) is 6.95. The van der Waals surface area contributed by atoms with E-state index >= 15 is 0 Å². The van der Waals surface area contributed by atoms with Crippen LogP contribution < -0.4 is 10.6 Å². The number of nitrogens with zero attached hydrogens (tertiary/aromatic N) is 8. The van der Waals surface area contributed by atoms with E-state index in [1.54, 1.807) is 43.5 Å². The van der Waals surface area contributed by atoms with Crippen molar-refractivity contribution in [1.29, 1.82) is 0 Å². The van der Waals surface area contributed by atoms with Gasteiger partial charge in [0, 0.05) is 62.5 Å². The Morgan fingerprint density at radius 3 is 2.53 bits per heavy atom. The molecule has 45 heavy (non-hydrogen) atoms. The van der Waals surface area contributed by atoms with Crippen molar-refractivity contribution in [2.75, 3.05) is 24.7 Å². The van der Waals surface area contributed by atoms with Crippen molar-refractivity contribution in [3.63, 3.8) is 0 Å². The lowest BCUT2D eigenvalue weighted by Gasteiger charge is -2.30. The van der Waals surface area contributed by atoms with Crippen LogP contribution in [-0.4, -0.2) is 78.5 Å². The minimum atomic E-state index is -3.52. The Morgan fingerprint density at radius 1 is 1.07 bits per heavy atom. The maximum absolute atomic E-state index is 13.3. The topological polar surface area (TPSA) is 153 Å². The molecule has 0 unspecified atom stereocenters. The number of rotatable bonds is 11. The molecule has 2 aliphatic carbocycles. The van der Waals surface area contributed by atoms with Crippen LogP contribution >= 0.6 is 0 Å². The van der Waals surface area contributed by atoms with E-state index in [0.29, 0.717) is 64.0 Å². The molecule has 0 saturated heterocycles. The smallest absolute Gasteiger partial charge is 0.333 e. The SMILES string of the molecule is CN(C)C(=O)CC1CCC(Nc2cc(Nc3ccnc(-c4cnn(S(=O)(=O)C5CC5)c4)n3)ncc2-c2ccn(C(F)F)n2)CC1. The second-order valence-corrected chi connectivity index (χ2v) is 13.7. The summed E-state index contributed by atoms with van der Waals surface area (Å²) in [4.78, 5) is 27.1. The van der Waals surface area contributed by atoms with Gasteiger partial charge in [0.15, 0.2) is 5.82 Å². The molecule has 13 nitrogen and oxygen atoms in total. The average Bonchev–Trinajstić information content (AvgIpc) is 3.55. The van der Waals surface area contributed by atoms with Gasteiger partial charge in [0.2, 0.25) is 5.91 Å². The maximum Gasteiger partial charge on any atom is 0.333 e. The van der Waals surface area contributed by atoms with Crippen molar-refractivity contribution in [2.45, 2.75) is 62.8 Å². The number of aromatic nitrogens is 7. The van der Waals surface area contributed by atoms with Crippen LogP contribution in [0.1, 0.15) is 51.5 Å². The van der Waals surface area contributed by atoms with E-state index in [1.807, 2.05) is 0 Å². The van der Waals surface area contributed by atoms with Crippen LogP contribution in [0, 0.1) is 5.92 Å². The first-order valence-electron chi connectivity index (χ1n) is 14.8. The number of hydrogen-bond acceptors (Lipinski definition) is 10. The molecule has 6 rings (SSSR count). The lowest BCUT2D eigenvalue weighted by atomic mass is 9.83. The van der Waals surface area contributed by atoms with Gasteiger partial charge in [-0.3, -0.25) is 4.79 Å². The lowest BCUT2D eigenvalue weighted by molar-refractivity contribution is -0.129. The van der Waals surface area contributed by atoms with E-state index in [2.05, 4.69) is 35.8 Å². The summed E-state index contributed by atoms with van der Waals surface area (Å²) in [6, 6.07) is 5.06. The normalized spacial score (nSPS) is 18.6. The summed E-state index contributed by atoms with van der Waals surface area (Å²) >= 11 is 0. The lowest BCUT2D eigenvalue weighted by Crippen LogP contribution is -2.30. The summed E-state index contributed by atoms with van der Waals surface area (Å²) in [5.41, 5.74) is 2.04. The molecule has 16 heteroatoms. The van der Waals surface area contributed by atoms with Crippen LogP contribution in [0.4, 0.5) is 26.1 Å². The van der Waals surface area contributed by atoms with E-state index in [0.717, 1.165) is 29.8 Å². The molecule has 2 aliphatic rings. The number of amides is 1. The van der Waals surface area contributed by atoms with Crippen LogP contribution in [0.25, 0.3) is 22.6 Å². The molecule has 0 spiro atoms. The zero-order valence-corrected chi connectivity index (χ0v) is 25.7. The summed E-state index contributed by atoms with van der Waals surface area (Å²) < 4.78 is 53.2. The molecule has 0 atom stereocenters. The van der Waals surface area contributed by atoms with Gasteiger partial charge in [0.1, 0.15) is 11.6 Å². The van der Waals surface area contributed by atoms with Crippen molar-refractivity contribution in [3.05, 3.63) is 49.2 Å². The number of carbonyl (C=O) groups is 1. The number of nitrogens with one attached hydrogen (secondary N) is 2. The molecule has 238 valence electrons. The first-order valence-corrected chi connectivity index (χ1v) is 16.3. The Hall–Kier alpha value is -4.47. The third-order valence-electron chi connectivity index (χ3n) is 8.09. The molecular formula is C29H34F2N10O3S. The molecule has 2 N–H and O–H groups in total. The van der Waals surface area contributed by atoms with Crippen LogP contribution in [0.15, 0.2) is 49.2 Å². The molecule has 4 aromatic rings. The standard InChI is InChI=1S/C29H34F2N10O3S/c1-39(2)27(42)13-18-3-5-20(6-4-18)35-24-14-26(33-16-22(24)23-10-12-40(38-23)29(30)31)36-25-9-11-32-28(37-25)19-15-34-41(17-19)45(43,44)21-7-8-21/h9-12,14-18,20-21,29H,3-8,13H2,1-2H3,(H2,32,33,35,36,37).